The third kappa shape index (κ3) is 3.61. The van der Waals surface area contributed by atoms with Crippen LogP contribution in [0.15, 0.2) is 38.7 Å². The number of halogens is 1. The third-order valence-corrected chi connectivity index (χ3v) is 4.12. The van der Waals surface area contributed by atoms with E-state index in [1.54, 1.807) is 16.7 Å². The number of nitrogens with one attached hydrogen (secondary N) is 1. The van der Waals surface area contributed by atoms with Gasteiger partial charge in [-0.15, -0.1) is 5.10 Å². The van der Waals surface area contributed by atoms with E-state index in [0.29, 0.717) is 17.3 Å². The molecule has 1 N–H and O–H groups in total. The Labute approximate surface area is 128 Å². The van der Waals surface area contributed by atoms with E-state index < -0.39 is 0 Å². The number of carbonyl (C=O) groups is 1. The number of ketones is 1. The summed E-state index contributed by atoms with van der Waals surface area (Å²) >= 11 is 4.61. The highest BCUT2D eigenvalue weighted by Gasteiger charge is 2.12. The minimum absolute atomic E-state index is 0.00907. The van der Waals surface area contributed by atoms with Crippen LogP contribution >= 0.6 is 27.7 Å². The topological polar surface area (TPSA) is 67.8 Å². The van der Waals surface area contributed by atoms with Crippen LogP contribution in [-0.2, 0) is 6.54 Å². The van der Waals surface area contributed by atoms with E-state index >= 15 is 0 Å². The molecule has 20 heavy (non-hydrogen) atoms. The molecule has 106 valence electrons. The molecule has 5 nitrogen and oxygen atoms in total. The lowest BCUT2D eigenvalue weighted by molar-refractivity contribution is 0.102. The third-order valence-electron chi connectivity index (χ3n) is 2.65. The summed E-state index contributed by atoms with van der Waals surface area (Å²) in [5.74, 6) is 0.263. The summed E-state index contributed by atoms with van der Waals surface area (Å²) in [6.07, 6.45) is 0.840. The van der Waals surface area contributed by atoms with Crippen LogP contribution in [0.2, 0.25) is 0 Å². The van der Waals surface area contributed by atoms with Crippen molar-refractivity contribution >= 4 is 33.5 Å². The van der Waals surface area contributed by atoms with E-state index in [0.717, 1.165) is 10.9 Å². The minimum Gasteiger partial charge on any atom is -0.293 e. The van der Waals surface area contributed by atoms with E-state index in [2.05, 4.69) is 26.1 Å². The molecule has 0 atom stereocenters. The van der Waals surface area contributed by atoms with Crippen LogP contribution < -0.4 is 5.69 Å². The molecule has 0 aliphatic rings. The number of carbonyl (C=O) groups excluding carboxylic acids is 1. The van der Waals surface area contributed by atoms with Crippen molar-refractivity contribution < 1.29 is 4.79 Å². The molecule has 0 saturated heterocycles. The van der Waals surface area contributed by atoms with Gasteiger partial charge in [-0.25, -0.2) is 9.89 Å². The number of H-pyrrole nitrogens is 1. The molecule has 0 amide bonds. The second-order valence-electron chi connectivity index (χ2n) is 4.19. The first-order chi connectivity index (χ1) is 9.61. The van der Waals surface area contributed by atoms with Crippen LogP contribution in [0.25, 0.3) is 0 Å². The van der Waals surface area contributed by atoms with Crippen LogP contribution in [0.4, 0.5) is 0 Å². The van der Waals surface area contributed by atoms with Crippen molar-refractivity contribution in [3.05, 3.63) is 44.8 Å². The molecule has 0 bridgehead atoms. The van der Waals surface area contributed by atoms with Gasteiger partial charge in [0.05, 0.1) is 5.75 Å². The number of benzene rings is 1. The first kappa shape index (κ1) is 15.1. The number of Topliss-reactive ketones (excluding diaryl/α,β-unsaturated/α-hetero) is 1. The Morgan fingerprint density at radius 2 is 2.30 bits per heavy atom. The Kier molecular flexibility index (Phi) is 5.19. The van der Waals surface area contributed by atoms with Gasteiger partial charge in [-0.1, -0.05) is 46.7 Å². The molecular weight excluding hydrogens is 342 g/mol. The maximum Gasteiger partial charge on any atom is 0.343 e. The molecule has 1 aromatic carbocycles. The van der Waals surface area contributed by atoms with Crippen LogP contribution in [0, 0.1) is 0 Å². The Morgan fingerprint density at radius 3 is 3.00 bits per heavy atom. The van der Waals surface area contributed by atoms with E-state index in [4.69, 9.17) is 0 Å². The summed E-state index contributed by atoms with van der Waals surface area (Å²) in [7, 11) is 0. The second-order valence-corrected chi connectivity index (χ2v) is 6.04. The van der Waals surface area contributed by atoms with E-state index in [9.17, 15) is 9.59 Å². The molecule has 7 heteroatoms. The molecule has 0 unspecified atom stereocenters. The van der Waals surface area contributed by atoms with Crippen LogP contribution in [0.1, 0.15) is 23.7 Å². The van der Waals surface area contributed by atoms with Gasteiger partial charge in [0.15, 0.2) is 10.9 Å². The van der Waals surface area contributed by atoms with Crippen molar-refractivity contribution in [2.45, 2.75) is 25.0 Å². The van der Waals surface area contributed by atoms with E-state index in [1.165, 1.54) is 11.8 Å². The SMILES string of the molecule is CCCn1c(SCC(=O)c2cccc(Br)c2)n[nH]c1=O. The maximum absolute atomic E-state index is 12.1. The van der Waals surface area contributed by atoms with Crippen molar-refractivity contribution in [1.82, 2.24) is 14.8 Å². The summed E-state index contributed by atoms with van der Waals surface area (Å²) in [4.78, 5) is 23.6. The van der Waals surface area contributed by atoms with Gasteiger partial charge < -0.3 is 0 Å². The van der Waals surface area contributed by atoms with Crippen LogP contribution in [0.3, 0.4) is 0 Å². The predicted octanol–water partition coefficient (Wildman–Crippen LogP) is 2.72. The highest BCUT2D eigenvalue weighted by atomic mass is 79.9. The first-order valence-electron chi connectivity index (χ1n) is 6.18. The molecule has 0 fully saturated rings. The van der Waals surface area contributed by atoms with Gasteiger partial charge in [-0.2, -0.15) is 0 Å². The van der Waals surface area contributed by atoms with Crippen molar-refractivity contribution in [1.29, 1.82) is 0 Å². The lowest BCUT2D eigenvalue weighted by Gasteiger charge is -2.03. The van der Waals surface area contributed by atoms with Gasteiger partial charge in [0.2, 0.25) is 0 Å². The van der Waals surface area contributed by atoms with Gasteiger partial charge in [0, 0.05) is 16.6 Å². The molecular formula is C13H14BrN3O2S. The number of aromatic amines is 1. The maximum atomic E-state index is 12.1. The van der Waals surface area contributed by atoms with Gasteiger partial charge in [-0.3, -0.25) is 9.36 Å². The van der Waals surface area contributed by atoms with Crippen molar-refractivity contribution in [2.24, 2.45) is 0 Å². The first-order valence-corrected chi connectivity index (χ1v) is 7.96. The van der Waals surface area contributed by atoms with Crippen molar-refractivity contribution in [3.63, 3.8) is 0 Å². The van der Waals surface area contributed by atoms with Gasteiger partial charge in [0.1, 0.15) is 0 Å². The molecule has 0 saturated carbocycles. The zero-order valence-corrected chi connectivity index (χ0v) is 13.3. The smallest absolute Gasteiger partial charge is 0.293 e. The summed E-state index contributed by atoms with van der Waals surface area (Å²) in [5, 5.41) is 6.91. The number of aromatic nitrogens is 3. The number of hydrogen-bond acceptors (Lipinski definition) is 4. The Balaban J connectivity index is 2.05. The lowest BCUT2D eigenvalue weighted by atomic mass is 10.2. The zero-order chi connectivity index (χ0) is 14.5. The second kappa shape index (κ2) is 6.90. The lowest BCUT2D eigenvalue weighted by Crippen LogP contribution is -2.17. The van der Waals surface area contributed by atoms with E-state index in [1.807, 2.05) is 19.1 Å². The summed E-state index contributed by atoms with van der Waals surface area (Å²) < 4.78 is 2.43. The highest BCUT2D eigenvalue weighted by molar-refractivity contribution is 9.10. The fourth-order valence-corrected chi connectivity index (χ4v) is 2.98. The molecule has 0 spiro atoms. The van der Waals surface area contributed by atoms with Crippen molar-refractivity contribution in [2.75, 3.05) is 5.75 Å². The molecule has 2 aromatic rings. The quantitative estimate of drug-likeness (QED) is 0.638. The molecule has 0 aliphatic carbocycles. The van der Waals surface area contributed by atoms with Gasteiger partial charge in [0.25, 0.3) is 0 Å². The monoisotopic (exact) mass is 355 g/mol. The van der Waals surface area contributed by atoms with E-state index in [-0.39, 0.29) is 17.2 Å². The van der Waals surface area contributed by atoms with Gasteiger partial charge >= 0.3 is 5.69 Å². The predicted molar refractivity (Wildman–Crippen MR) is 82.3 cm³/mol. The summed E-state index contributed by atoms with van der Waals surface area (Å²) in [6.45, 7) is 2.59. The summed E-state index contributed by atoms with van der Waals surface area (Å²) in [6, 6.07) is 7.25. The number of hydrogen-bond donors (Lipinski definition) is 1. The Hall–Kier alpha value is -1.34. The standard InChI is InChI=1S/C13H14BrN3O2S/c1-2-6-17-12(19)15-16-13(17)20-8-11(18)9-4-3-5-10(14)7-9/h3-5,7H,2,6,8H2,1H3,(H,15,19). The fourth-order valence-electron chi connectivity index (χ4n) is 1.71. The minimum atomic E-state index is -0.232. The Bertz CT molecular complexity index is 666. The van der Waals surface area contributed by atoms with Gasteiger partial charge in [-0.05, 0) is 18.6 Å². The molecule has 2 rings (SSSR count). The fraction of sp³-hybridized carbons (Fsp3) is 0.308. The Morgan fingerprint density at radius 1 is 1.50 bits per heavy atom. The number of nitrogens with zero attached hydrogens (tertiary/aromatic N) is 2. The highest BCUT2D eigenvalue weighted by Crippen LogP contribution is 2.18. The number of thioether (sulfide) groups is 1. The number of rotatable bonds is 6. The average Bonchev–Trinajstić information content (AvgIpc) is 2.78. The molecule has 0 aliphatic heterocycles. The average molecular weight is 356 g/mol. The van der Waals surface area contributed by atoms with Crippen LogP contribution in [-0.4, -0.2) is 26.3 Å². The van der Waals surface area contributed by atoms with Crippen LogP contribution in [0.5, 0.6) is 0 Å². The largest absolute Gasteiger partial charge is 0.343 e. The normalized spacial score (nSPS) is 10.7. The summed E-state index contributed by atoms with van der Waals surface area (Å²) in [5.41, 5.74) is 0.413. The molecule has 1 heterocycles. The zero-order valence-electron chi connectivity index (χ0n) is 10.9. The molecule has 0 radical (unpaired) electrons. The molecule has 1 aromatic heterocycles. The van der Waals surface area contributed by atoms with Crippen molar-refractivity contribution in [3.8, 4) is 0 Å².